The van der Waals surface area contributed by atoms with Gasteiger partial charge in [0.15, 0.2) is 5.13 Å². The Kier molecular flexibility index (Phi) is 5.80. The van der Waals surface area contributed by atoms with Gasteiger partial charge < -0.3 is 15.8 Å². The van der Waals surface area contributed by atoms with Crippen LogP contribution in [0, 0.1) is 0 Å². The summed E-state index contributed by atoms with van der Waals surface area (Å²) in [5.74, 6) is 0.511. The first-order chi connectivity index (χ1) is 13.7. The van der Waals surface area contributed by atoms with Gasteiger partial charge in [0.1, 0.15) is 5.82 Å². The third-order valence-electron chi connectivity index (χ3n) is 4.74. The SMILES string of the molecule is Nc1ccc(-c2ccc3nc(NC(=O)CCCN4CCOCC4)sc3c2)cn1. The van der Waals surface area contributed by atoms with Gasteiger partial charge in [-0.1, -0.05) is 17.4 Å². The van der Waals surface area contributed by atoms with E-state index in [-0.39, 0.29) is 5.91 Å². The molecular formula is C20H23N5O2S. The number of anilines is 2. The van der Waals surface area contributed by atoms with Crippen LogP contribution >= 0.6 is 11.3 Å². The standard InChI is InChI=1S/C20H23N5O2S/c21-18-6-4-15(13-22-18)14-3-5-16-17(12-14)28-20(23-16)24-19(26)2-1-7-25-8-10-27-11-9-25/h3-6,12-13H,1-2,7-11H2,(H2,21,22)(H,23,24,26). The van der Waals surface area contributed by atoms with Crippen molar-refractivity contribution in [1.82, 2.24) is 14.9 Å². The molecule has 1 aliphatic heterocycles. The van der Waals surface area contributed by atoms with Gasteiger partial charge in [-0.2, -0.15) is 0 Å². The van der Waals surface area contributed by atoms with E-state index in [0.29, 0.717) is 17.4 Å². The summed E-state index contributed by atoms with van der Waals surface area (Å²) >= 11 is 1.48. The van der Waals surface area contributed by atoms with Gasteiger partial charge in [0, 0.05) is 31.3 Å². The molecule has 7 nitrogen and oxygen atoms in total. The molecule has 0 aliphatic carbocycles. The number of rotatable bonds is 6. The lowest BCUT2D eigenvalue weighted by Crippen LogP contribution is -2.37. The number of nitrogen functional groups attached to an aromatic ring is 1. The van der Waals surface area contributed by atoms with E-state index >= 15 is 0 Å². The summed E-state index contributed by atoms with van der Waals surface area (Å²) in [7, 11) is 0. The first kappa shape index (κ1) is 18.8. The van der Waals surface area contributed by atoms with Crippen molar-refractivity contribution in [2.45, 2.75) is 12.8 Å². The number of hydrogen-bond acceptors (Lipinski definition) is 7. The molecule has 3 aromatic rings. The van der Waals surface area contributed by atoms with Gasteiger partial charge in [0.25, 0.3) is 0 Å². The third-order valence-corrected chi connectivity index (χ3v) is 5.67. The number of ether oxygens (including phenoxy) is 1. The Hall–Kier alpha value is -2.55. The number of nitrogens with zero attached hydrogens (tertiary/aromatic N) is 3. The minimum atomic E-state index is 0.00951. The van der Waals surface area contributed by atoms with Gasteiger partial charge >= 0.3 is 0 Å². The molecule has 0 spiro atoms. The van der Waals surface area contributed by atoms with Crippen LogP contribution in [0.4, 0.5) is 10.9 Å². The molecule has 0 bridgehead atoms. The zero-order chi connectivity index (χ0) is 19.3. The number of thiazole rings is 1. The minimum Gasteiger partial charge on any atom is -0.384 e. The van der Waals surface area contributed by atoms with Crippen molar-refractivity contribution in [2.24, 2.45) is 0 Å². The van der Waals surface area contributed by atoms with E-state index in [2.05, 4.69) is 26.3 Å². The summed E-state index contributed by atoms with van der Waals surface area (Å²) in [5.41, 5.74) is 8.58. The molecule has 0 radical (unpaired) electrons. The van der Waals surface area contributed by atoms with Crippen LogP contribution in [0.5, 0.6) is 0 Å². The Bertz CT molecular complexity index is 951. The second kappa shape index (κ2) is 8.64. The highest BCUT2D eigenvalue weighted by atomic mass is 32.1. The number of morpholine rings is 1. The molecule has 8 heteroatoms. The van der Waals surface area contributed by atoms with Crippen molar-refractivity contribution in [1.29, 1.82) is 0 Å². The van der Waals surface area contributed by atoms with Gasteiger partial charge in [0.2, 0.25) is 5.91 Å². The summed E-state index contributed by atoms with van der Waals surface area (Å²) in [5, 5.41) is 3.57. The molecular weight excluding hydrogens is 374 g/mol. The maximum atomic E-state index is 12.2. The van der Waals surface area contributed by atoms with E-state index in [1.165, 1.54) is 11.3 Å². The van der Waals surface area contributed by atoms with E-state index in [1.54, 1.807) is 12.3 Å². The van der Waals surface area contributed by atoms with E-state index in [0.717, 1.165) is 60.6 Å². The average Bonchev–Trinajstić information content (AvgIpc) is 3.10. The molecule has 0 saturated carbocycles. The number of hydrogen-bond donors (Lipinski definition) is 2. The second-order valence-electron chi connectivity index (χ2n) is 6.78. The van der Waals surface area contributed by atoms with Crippen molar-refractivity contribution < 1.29 is 9.53 Å². The quantitative estimate of drug-likeness (QED) is 0.664. The molecule has 0 unspecified atom stereocenters. The van der Waals surface area contributed by atoms with E-state index < -0.39 is 0 Å². The van der Waals surface area contributed by atoms with Crippen molar-refractivity contribution in [3.05, 3.63) is 36.5 Å². The second-order valence-corrected chi connectivity index (χ2v) is 7.81. The van der Waals surface area contributed by atoms with Crippen LogP contribution in [-0.4, -0.2) is 53.6 Å². The number of benzene rings is 1. The molecule has 1 fully saturated rings. The molecule has 3 N–H and O–H groups in total. The number of carbonyl (C=O) groups excluding carboxylic acids is 1. The lowest BCUT2D eigenvalue weighted by Gasteiger charge is -2.26. The molecule has 2 aromatic heterocycles. The number of nitrogens with two attached hydrogens (primary N) is 1. The lowest BCUT2D eigenvalue weighted by molar-refractivity contribution is -0.116. The maximum Gasteiger partial charge on any atom is 0.226 e. The normalized spacial score (nSPS) is 15.0. The molecule has 0 atom stereocenters. The predicted molar refractivity (Wildman–Crippen MR) is 112 cm³/mol. The van der Waals surface area contributed by atoms with Crippen LogP contribution in [0.15, 0.2) is 36.5 Å². The molecule has 1 aliphatic rings. The number of aromatic nitrogens is 2. The fourth-order valence-corrected chi connectivity index (χ4v) is 4.12. The summed E-state index contributed by atoms with van der Waals surface area (Å²) in [4.78, 5) is 23.2. The van der Waals surface area contributed by atoms with Crippen LogP contribution in [0.25, 0.3) is 21.3 Å². The molecule has 1 aromatic carbocycles. The molecule has 1 amide bonds. The van der Waals surface area contributed by atoms with Crippen molar-refractivity contribution in [3.63, 3.8) is 0 Å². The van der Waals surface area contributed by atoms with Crippen LogP contribution in [0.1, 0.15) is 12.8 Å². The summed E-state index contributed by atoms with van der Waals surface area (Å²) in [6, 6.07) is 9.76. The zero-order valence-corrected chi connectivity index (χ0v) is 16.4. The van der Waals surface area contributed by atoms with Crippen LogP contribution in [-0.2, 0) is 9.53 Å². The maximum absolute atomic E-state index is 12.2. The topological polar surface area (TPSA) is 93.4 Å². The fraction of sp³-hybridized carbons (Fsp3) is 0.350. The highest BCUT2D eigenvalue weighted by Gasteiger charge is 2.12. The summed E-state index contributed by atoms with van der Waals surface area (Å²) in [6.45, 7) is 4.39. The van der Waals surface area contributed by atoms with Crippen LogP contribution in [0.2, 0.25) is 0 Å². The number of carbonyl (C=O) groups is 1. The van der Waals surface area contributed by atoms with Gasteiger partial charge in [-0.15, -0.1) is 0 Å². The van der Waals surface area contributed by atoms with Crippen molar-refractivity contribution in [2.75, 3.05) is 43.9 Å². The summed E-state index contributed by atoms with van der Waals surface area (Å²) < 4.78 is 6.37. The zero-order valence-electron chi connectivity index (χ0n) is 15.6. The fourth-order valence-electron chi connectivity index (χ4n) is 3.20. The van der Waals surface area contributed by atoms with E-state index in [1.807, 2.05) is 18.2 Å². The minimum absolute atomic E-state index is 0.00951. The Balaban J connectivity index is 1.36. The summed E-state index contributed by atoms with van der Waals surface area (Å²) in [6.07, 6.45) is 3.09. The number of amides is 1. The Morgan fingerprint density at radius 3 is 2.82 bits per heavy atom. The van der Waals surface area contributed by atoms with Crippen LogP contribution in [0.3, 0.4) is 0 Å². The average molecular weight is 398 g/mol. The molecule has 146 valence electrons. The van der Waals surface area contributed by atoms with Gasteiger partial charge in [-0.3, -0.25) is 9.69 Å². The van der Waals surface area contributed by atoms with E-state index in [4.69, 9.17) is 10.5 Å². The Morgan fingerprint density at radius 1 is 1.21 bits per heavy atom. The van der Waals surface area contributed by atoms with Crippen LogP contribution < -0.4 is 11.1 Å². The molecule has 1 saturated heterocycles. The van der Waals surface area contributed by atoms with Crippen molar-refractivity contribution in [3.8, 4) is 11.1 Å². The first-order valence-electron chi connectivity index (χ1n) is 9.40. The highest BCUT2D eigenvalue weighted by molar-refractivity contribution is 7.22. The number of pyridine rings is 1. The molecule has 28 heavy (non-hydrogen) atoms. The smallest absolute Gasteiger partial charge is 0.226 e. The molecule has 4 rings (SSSR count). The van der Waals surface area contributed by atoms with Crippen molar-refractivity contribution >= 4 is 38.4 Å². The largest absolute Gasteiger partial charge is 0.384 e. The number of nitrogens with one attached hydrogen (secondary N) is 1. The van der Waals surface area contributed by atoms with Gasteiger partial charge in [-0.05, 0) is 42.8 Å². The van der Waals surface area contributed by atoms with Gasteiger partial charge in [-0.25, -0.2) is 9.97 Å². The van der Waals surface area contributed by atoms with E-state index in [9.17, 15) is 4.79 Å². The number of fused-ring (bicyclic) bond motifs is 1. The predicted octanol–water partition coefficient (Wildman–Crippen LogP) is 2.99. The Labute approximate surface area is 167 Å². The third kappa shape index (κ3) is 4.64. The van der Waals surface area contributed by atoms with Gasteiger partial charge in [0.05, 0.1) is 23.4 Å². The highest BCUT2D eigenvalue weighted by Crippen LogP contribution is 2.30. The first-order valence-corrected chi connectivity index (χ1v) is 10.2. The lowest BCUT2D eigenvalue weighted by atomic mass is 10.1. The Morgan fingerprint density at radius 2 is 2.04 bits per heavy atom. The molecule has 3 heterocycles. The monoisotopic (exact) mass is 397 g/mol.